The summed E-state index contributed by atoms with van der Waals surface area (Å²) in [6, 6.07) is 3.47. The summed E-state index contributed by atoms with van der Waals surface area (Å²) in [4.78, 5) is 11.0. The number of hydrogen-bond donors (Lipinski definition) is 1. The Morgan fingerprint density at radius 3 is 2.58 bits per heavy atom. The number of halogens is 1. The van der Waals surface area contributed by atoms with Gasteiger partial charge in [-0.3, -0.25) is 4.79 Å². The van der Waals surface area contributed by atoms with Crippen LogP contribution in [0.4, 0.5) is 0 Å². The van der Waals surface area contributed by atoms with Crippen molar-refractivity contribution in [1.29, 1.82) is 0 Å². The Hall–Kier alpha value is -0.580. The number of phenols is 1. The van der Waals surface area contributed by atoms with E-state index in [-0.39, 0.29) is 11.5 Å². The second-order valence-corrected chi connectivity index (χ2v) is 3.79. The third kappa shape index (κ3) is 1.60. The molecule has 0 bridgehead atoms. The molecule has 0 aliphatic rings. The van der Waals surface area contributed by atoms with E-state index in [0.717, 1.165) is 9.13 Å². The average Bonchev–Trinajstić information content (AvgIpc) is 2.00. The number of hydrogen-bond acceptors (Lipinski definition) is 2. The monoisotopic (exact) mass is 276 g/mol. The van der Waals surface area contributed by atoms with Gasteiger partial charge in [-0.2, -0.15) is 0 Å². The molecule has 1 aromatic carbocycles. The molecule has 0 fully saturated rings. The van der Waals surface area contributed by atoms with Gasteiger partial charge in [0, 0.05) is 9.13 Å². The first-order chi connectivity index (χ1) is 5.54. The van der Waals surface area contributed by atoms with Crippen LogP contribution in [0.25, 0.3) is 0 Å². The smallest absolute Gasteiger partial charge is 0.163 e. The van der Waals surface area contributed by atoms with E-state index in [1.165, 1.54) is 6.92 Å². The molecule has 1 N–H and O–H groups in total. The number of aromatic hydroxyl groups is 1. The molecule has 1 aromatic rings. The van der Waals surface area contributed by atoms with Gasteiger partial charge in [0.15, 0.2) is 5.78 Å². The highest BCUT2D eigenvalue weighted by Gasteiger charge is 2.09. The molecule has 0 heterocycles. The SMILES string of the molecule is CC(=O)c1ccc(I)c(C)c1O. The predicted octanol–water partition coefficient (Wildman–Crippen LogP) is 2.51. The number of rotatable bonds is 1. The van der Waals surface area contributed by atoms with Crippen molar-refractivity contribution in [3.63, 3.8) is 0 Å². The van der Waals surface area contributed by atoms with Gasteiger partial charge in [-0.15, -0.1) is 0 Å². The van der Waals surface area contributed by atoms with Crippen LogP contribution >= 0.6 is 22.6 Å². The fourth-order valence-corrected chi connectivity index (χ4v) is 1.39. The van der Waals surface area contributed by atoms with Gasteiger partial charge in [-0.25, -0.2) is 0 Å². The molecule has 2 nitrogen and oxygen atoms in total. The van der Waals surface area contributed by atoms with Crippen molar-refractivity contribution in [2.24, 2.45) is 0 Å². The van der Waals surface area contributed by atoms with Crippen LogP contribution in [-0.4, -0.2) is 10.9 Å². The molecule has 0 unspecified atom stereocenters. The highest BCUT2D eigenvalue weighted by atomic mass is 127. The summed E-state index contributed by atoms with van der Waals surface area (Å²) in [6.07, 6.45) is 0. The van der Waals surface area contributed by atoms with Crippen molar-refractivity contribution in [3.8, 4) is 5.75 Å². The summed E-state index contributed by atoms with van der Waals surface area (Å²) in [5.41, 5.74) is 1.16. The summed E-state index contributed by atoms with van der Waals surface area (Å²) in [5.74, 6) is 0.00130. The molecule has 0 radical (unpaired) electrons. The maximum atomic E-state index is 11.0. The van der Waals surface area contributed by atoms with Crippen molar-refractivity contribution in [2.45, 2.75) is 13.8 Å². The lowest BCUT2D eigenvalue weighted by atomic mass is 10.1. The van der Waals surface area contributed by atoms with E-state index in [1.54, 1.807) is 13.0 Å². The molecule has 1 rings (SSSR count). The molecule has 0 amide bonds. The van der Waals surface area contributed by atoms with Crippen molar-refractivity contribution in [3.05, 3.63) is 26.8 Å². The summed E-state index contributed by atoms with van der Waals surface area (Å²) in [5, 5.41) is 9.52. The zero-order valence-corrected chi connectivity index (χ0v) is 9.05. The van der Waals surface area contributed by atoms with Gasteiger partial charge in [0.25, 0.3) is 0 Å². The first-order valence-electron chi connectivity index (χ1n) is 3.53. The zero-order chi connectivity index (χ0) is 9.30. The summed E-state index contributed by atoms with van der Waals surface area (Å²) < 4.78 is 0.968. The Balaban J connectivity index is 3.36. The average molecular weight is 276 g/mol. The van der Waals surface area contributed by atoms with Crippen molar-refractivity contribution >= 4 is 28.4 Å². The Kier molecular flexibility index (Phi) is 2.72. The van der Waals surface area contributed by atoms with Gasteiger partial charge in [0.2, 0.25) is 0 Å². The van der Waals surface area contributed by atoms with Crippen molar-refractivity contribution in [2.75, 3.05) is 0 Å². The minimum atomic E-state index is -0.105. The van der Waals surface area contributed by atoms with Crippen LogP contribution in [-0.2, 0) is 0 Å². The van der Waals surface area contributed by atoms with E-state index in [0.29, 0.717) is 5.56 Å². The Morgan fingerprint density at radius 2 is 2.08 bits per heavy atom. The Labute approximate surface area is 84.7 Å². The number of benzene rings is 1. The van der Waals surface area contributed by atoms with Crippen molar-refractivity contribution < 1.29 is 9.90 Å². The summed E-state index contributed by atoms with van der Waals surface area (Å²) in [7, 11) is 0. The molecule has 64 valence electrons. The maximum Gasteiger partial charge on any atom is 0.163 e. The van der Waals surface area contributed by atoms with Crippen LogP contribution in [0.3, 0.4) is 0 Å². The number of ketones is 1. The summed E-state index contributed by atoms with van der Waals surface area (Å²) in [6.45, 7) is 3.24. The molecule has 0 atom stereocenters. The molecule has 3 heteroatoms. The lowest BCUT2D eigenvalue weighted by molar-refractivity contribution is 0.101. The number of carbonyl (C=O) groups is 1. The molecule has 12 heavy (non-hydrogen) atoms. The molecule has 0 spiro atoms. The first kappa shape index (κ1) is 9.51. The van der Waals surface area contributed by atoms with Gasteiger partial charge in [-0.05, 0) is 48.6 Å². The third-order valence-corrected chi connectivity index (χ3v) is 2.91. The van der Waals surface area contributed by atoms with Gasteiger partial charge >= 0.3 is 0 Å². The topological polar surface area (TPSA) is 37.3 Å². The van der Waals surface area contributed by atoms with Gasteiger partial charge < -0.3 is 5.11 Å². The lowest BCUT2D eigenvalue weighted by Crippen LogP contribution is -1.95. The van der Waals surface area contributed by atoms with E-state index < -0.39 is 0 Å². The molecule has 0 saturated carbocycles. The zero-order valence-electron chi connectivity index (χ0n) is 6.89. The minimum absolute atomic E-state index is 0.105. The van der Waals surface area contributed by atoms with Crippen LogP contribution in [0.2, 0.25) is 0 Å². The molecule has 0 aliphatic carbocycles. The van der Waals surface area contributed by atoms with Gasteiger partial charge in [0.05, 0.1) is 5.56 Å². The van der Waals surface area contributed by atoms with Gasteiger partial charge in [0.1, 0.15) is 5.75 Å². The number of Topliss-reactive ketones (excluding diaryl/α,β-unsaturated/α-hetero) is 1. The quantitative estimate of drug-likeness (QED) is 0.632. The van der Waals surface area contributed by atoms with E-state index in [2.05, 4.69) is 22.6 Å². The maximum absolute atomic E-state index is 11.0. The van der Waals surface area contributed by atoms with E-state index in [1.807, 2.05) is 6.07 Å². The Bertz CT molecular complexity index is 332. The van der Waals surface area contributed by atoms with Crippen LogP contribution in [0.5, 0.6) is 5.75 Å². The number of carbonyl (C=O) groups excluding carboxylic acids is 1. The molecular formula is C9H9IO2. The second kappa shape index (κ2) is 3.43. The lowest BCUT2D eigenvalue weighted by Gasteiger charge is -2.05. The molecule has 0 aliphatic heterocycles. The van der Waals surface area contributed by atoms with E-state index in [9.17, 15) is 9.90 Å². The second-order valence-electron chi connectivity index (χ2n) is 2.62. The van der Waals surface area contributed by atoms with Crippen LogP contribution in [0.1, 0.15) is 22.8 Å². The van der Waals surface area contributed by atoms with E-state index in [4.69, 9.17) is 0 Å². The molecular weight excluding hydrogens is 267 g/mol. The highest BCUT2D eigenvalue weighted by Crippen LogP contribution is 2.26. The van der Waals surface area contributed by atoms with Crippen LogP contribution < -0.4 is 0 Å². The van der Waals surface area contributed by atoms with Gasteiger partial charge in [-0.1, -0.05) is 0 Å². The minimum Gasteiger partial charge on any atom is -0.507 e. The van der Waals surface area contributed by atoms with Crippen LogP contribution in [0.15, 0.2) is 12.1 Å². The first-order valence-corrected chi connectivity index (χ1v) is 4.61. The molecule has 0 aromatic heterocycles. The van der Waals surface area contributed by atoms with Crippen molar-refractivity contribution in [1.82, 2.24) is 0 Å². The van der Waals surface area contributed by atoms with Crippen LogP contribution in [0, 0.1) is 10.5 Å². The Morgan fingerprint density at radius 1 is 1.50 bits per heavy atom. The highest BCUT2D eigenvalue weighted by molar-refractivity contribution is 14.1. The third-order valence-electron chi connectivity index (χ3n) is 1.74. The normalized spacial score (nSPS) is 9.92. The largest absolute Gasteiger partial charge is 0.507 e. The fourth-order valence-electron chi connectivity index (χ4n) is 0.960. The fraction of sp³-hybridized carbons (Fsp3) is 0.222. The number of phenolic OH excluding ortho intramolecular Hbond substituents is 1. The standard InChI is InChI=1S/C9H9IO2/c1-5-8(10)4-3-7(6(2)11)9(5)12/h3-4,12H,1-2H3. The van der Waals surface area contributed by atoms with E-state index >= 15 is 0 Å². The predicted molar refractivity (Wildman–Crippen MR) is 55.6 cm³/mol. The molecule has 0 saturated heterocycles. The summed E-state index contributed by atoms with van der Waals surface area (Å²) >= 11 is 2.12.